The summed E-state index contributed by atoms with van der Waals surface area (Å²) in [4.78, 5) is 0. The molecule has 1 aromatic heterocycles. The molecule has 0 bridgehead atoms. The van der Waals surface area contributed by atoms with E-state index in [4.69, 9.17) is 4.42 Å². The molecule has 0 aliphatic carbocycles. The van der Waals surface area contributed by atoms with E-state index in [0.717, 1.165) is 21.9 Å². The van der Waals surface area contributed by atoms with E-state index < -0.39 is 0 Å². The molecular weight excluding hydrogens is 569 g/mol. The minimum absolute atomic E-state index is 0.902. The zero-order valence-corrected chi connectivity index (χ0v) is 25.6. The van der Waals surface area contributed by atoms with Gasteiger partial charge in [-0.15, -0.1) is 0 Å². The largest absolute Gasteiger partial charge is 0.456 e. The van der Waals surface area contributed by atoms with Gasteiger partial charge < -0.3 is 4.42 Å². The Morgan fingerprint density at radius 3 is 1.36 bits per heavy atom. The predicted molar refractivity (Wildman–Crippen MR) is 200 cm³/mol. The highest BCUT2D eigenvalue weighted by atomic mass is 16.3. The van der Waals surface area contributed by atoms with Crippen LogP contribution in [0.2, 0.25) is 0 Å². The van der Waals surface area contributed by atoms with Gasteiger partial charge in [-0.25, -0.2) is 0 Å². The number of benzene rings is 9. The molecule has 218 valence electrons. The lowest BCUT2D eigenvalue weighted by atomic mass is 9.82. The van der Waals surface area contributed by atoms with Gasteiger partial charge in [0, 0.05) is 16.3 Å². The maximum absolute atomic E-state index is 6.48. The monoisotopic (exact) mass is 596 g/mol. The average molecular weight is 597 g/mol. The number of rotatable bonds is 3. The SMILES string of the molecule is c1ccc2cc(-c3c4ccccc4c(-c4ccc5oc6ccccc6c5c4-c4ccc5ccccc5c4)c4ccccc34)ccc2c1. The molecule has 47 heavy (non-hydrogen) atoms. The van der Waals surface area contributed by atoms with Crippen LogP contribution in [0.3, 0.4) is 0 Å². The smallest absolute Gasteiger partial charge is 0.136 e. The Kier molecular flexibility index (Phi) is 5.64. The third kappa shape index (κ3) is 3.97. The van der Waals surface area contributed by atoms with Crippen molar-refractivity contribution >= 4 is 65.0 Å². The molecular formula is C46H28O. The highest BCUT2D eigenvalue weighted by Crippen LogP contribution is 2.49. The molecule has 9 aromatic carbocycles. The molecule has 1 nitrogen and oxygen atoms in total. The van der Waals surface area contributed by atoms with Gasteiger partial charge in [-0.3, -0.25) is 0 Å². The summed E-state index contributed by atoms with van der Waals surface area (Å²) in [7, 11) is 0. The molecule has 0 spiro atoms. The molecule has 0 aliphatic heterocycles. The first-order valence-electron chi connectivity index (χ1n) is 16.2. The van der Waals surface area contributed by atoms with Gasteiger partial charge in [0.15, 0.2) is 0 Å². The summed E-state index contributed by atoms with van der Waals surface area (Å²) in [6.07, 6.45) is 0. The first-order valence-corrected chi connectivity index (χ1v) is 16.2. The van der Waals surface area contributed by atoms with E-state index in [1.54, 1.807) is 0 Å². The van der Waals surface area contributed by atoms with Gasteiger partial charge in [0.25, 0.3) is 0 Å². The van der Waals surface area contributed by atoms with Crippen molar-refractivity contribution in [3.8, 4) is 33.4 Å². The zero-order valence-electron chi connectivity index (χ0n) is 25.6. The zero-order chi connectivity index (χ0) is 30.9. The third-order valence-corrected chi connectivity index (χ3v) is 9.82. The standard InChI is InChI=1S/C46H28O/c1-3-13-31-27-33(23-21-29(31)11-1)43-35-15-5-7-17-37(35)45(38-18-8-6-16-36(38)43)40-25-26-42-46(39-19-9-10-20-41(39)47-42)44(40)34-24-22-30-12-2-4-14-32(30)28-34/h1-28H. The molecule has 0 amide bonds. The van der Waals surface area contributed by atoms with Crippen LogP contribution in [0, 0.1) is 0 Å². The van der Waals surface area contributed by atoms with E-state index in [-0.39, 0.29) is 0 Å². The van der Waals surface area contributed by atoms with Crippen molar-refractivity contribution in [3.63, 3.8) is 0 Å². The number of fused-ring (bicyclic) bond motifs is 7. The molecule has 0 fully saturated rings. The van der Waals surface area contributed by atoms with Crippen LogP contribution < -0.4 is 0 Å². The van der Waals surface area contributed by atoms with Gasteiger partial charge in [0.2, 0.25) is 0 Å². The Morgan fingerprint density at radius 1 is 0.298 bits per heavy atom. The molecule has 0 aliphatic rings. The molecule has 0 saturated heterocycles. The summed E-state index contributed by atoms with van der Waals surface area (Å²) >= 11 is 0. The van der Waals surface area contributed by atoms with E-state index in [2.05, 4.69) is 164 Å². The van der Waals surface area contributed by atoms with Crippen LogP contribution >= 0.6 is 0 Å². The van der Waals surface area contributed by atoms with E-state index in [1.807, 2.05) is 6.07 Å². The van der Waals surface area contributed by atoms with E-state index >= 15 is 0 Å². The average Bonchev–Trinajstić information content (AvgIpc) is 3.52. The highest BCUT2D eigenvalue weighted by molar-refractivity contribution is 6.25. The lowest BCUT2D eigenvalue weighted by molar-refractivity contribution is 0.669. The number of para-hydroxylation sites is 1. The highest BCUT2D eigenvalue weighted by Gasteiger charge is 2.22. The fraction of sp³-hybridized carbons (Fsp3) is 0. The van der Waals surface area contributed by atoms with Crippen molar-refractivity contribution in [2.24, 2.45) is 0 Å². The van der Waals surface area contributed by atoms with E-state index in [1.165, 1.54) is 76.5 Å². The van der Waals surface area contributed by atoms with Gasteiger partial charge in [0.1, 0.15) is 11.2 Å². The van der Waals surface area contributed by atoms with Gasteiger partial charge in [-0.05, 0) is 101 Å². The van der Waals surface area contributed by atoms with Crippen LogP contribution in [0.25, 0.3) is 98.4 Å². The molecule has 10 aromatic rings. The Bertz CT molecular complexity index is 2800. The predicted octanol–water partition coefficient (Wildman–Crippen LogP) is 13.2. The molecule has 0 saturated carbocycles. The topological polar surface area (TPSA) is 13.1 Å². The summed E-state index contributed by atoms with van der Waals surface area (Å²) in [6.45, 7) is 0. The molecule has 10 rings (SSSR count). The van der Waals surface area contributed by atoms with Crippen LogP contribution in [0.15, 0.2) is 174 Å². The lowest BCUT2D eigenvalue weighted by Crippen LogP contribution is -1.93. The normalized spacial score (nSPS) is 11.8. The summed E-state index contributed by atoms with van der Waals surface area (Å²) < 4.78 is 6.48. The maximum Gasteiger partial charge on any atom is 0.136 e. The van der Waals surface area contributed by atoms with Gasteiger partial charge in [0.05, 0.1) is 0 Å². The van der Waals surface area contributed by atoms with Crippen LogP contribution in [0.5, 0.6) is 0 Å². The van der Waals surface area contributed by atoms with Gasteiger partial charge in [-0.1, -0.05) is 140 Å². The van der Waals surface area contributed by atoms with E-state index in [9.17, 15) is 0 Å². The minimum Gasteiger partial charge on any atom is -0.456 e. The third-order valence-electron chi connectivity index (χ3n) is 9.82. The summed E-state index contributed by atoms with van der Waals surface area (Å²) in [5, 5.41) is 12.2. The quantitative estimate of drug-likeness (QED) is 0.185. The first-order chi connectivity index (χ1) is 23.3. The number of furan rings is 1. The lowest BCUT2D eigenvalue weighted by Gasteiger charge is -2.20. The molecule has 0 unspecified atom stereocenters. The summed E-state index contributed by atoms with van der Waals surface area (Å²) in [5.41, 5.74) is 9.14. The van der Waals surface area contributed by atoms with Crippen LogP contribution in [0.1, 0.15) is 0 Å². The minimum atomic E-state index is 0.902. The van der Waals surface area contributed by atoms with Gasteiger partial charge in [-0.2, -0.15) is 0 Å². The second-order valence-electron chi connectivity index (χ2n) is 12.4. The second kappa shape index (κ2) is 10.2. The van der Waals surface area contributed by atoms with Crippen LogP contribution in [0.4, 0.5) is 0 Å². The summed E-state index contributed by atoms with van der Waals surface area (Å²) in [6, 6.07) is 61.7. The molecule has 0 radical (unpaired) electrons. The van der Waals surface area contributed by atoms with Crippen molar-refractivity contribution in [1.82, 2.24) is 0 Å². The van der Waals surface area contributed by atoms with E-state index in [0.29, 0.717) is 0 Å². The number of hydrogen-bond donors (Lipinski definition) is 0. The van der Waals surface area contributed by atoms with Crippen molar-refractivity contribution < 1.29 is 4.42 Å². The second-order valence-corrected chi connectivity index (χ2v) is 12.4. The molecule has 0 N–H and O–H groups in total. The Hall–Kier alpha value is -6.18. The first kappa shape index (κ1) is 26.1. The van der Waals surface area contributed by atoms with Crippen LogP contribution in [-0.4, -0.2) is 0 Å². The van der Waals surface area contributed by atoms with Crippen molar-refractivity contribution in [1.29, 1.82) is 0 Å². The van der Waals surface area contributed by atoms with Crippen LogP contribution in [-0.2, 0) is 0 Å². The summed E-state index contributed by atoms with van der Waals surface area (Å²) in [5.74, 6) is 0. The molecule has 0 atom stereocenters. The Morgan fingerprint density at radius 2 is 0.766 bits per heavy atom. The number of hydrogen-bond acceptors (Lipinski definition) is 1. The Balaban J connectivity index is 1.37. The van der Waals surface area contributed by atoms with Crippen molar-refractivity contribution in [2.75, 3.05) is 0 Å². The van der Waals surface area contributed by atoms with Crippen molar-refractivity contribution in [2.45, 2.75) is 0 Å². The Labute approximate surface area is 271 Å². The van der Waals surface area contributed by atoms with Gasteiger partial charge >= 0.3 is 0 Å². The molecule has 1 heterocycles. The molecule has 1 heteroatoms. The fourth-order valence-electron chi connectivity index (χ4n) is 7.74. The maximum atomic E-state index is 6.48. The fourth-order valence-corrected chi connectivity index (χ4v) is 7.74. The van der Waals surface area contributed by atoms with Crippen molar-refractivity contribution in [3.05, 3.63) is 170 Å².